The summed E-state index contributed by atoms with van der Waals surface area (Å²) < 4.78 is 30.4. The maximum atomic E-state index is 12.9. The van der Waals surface area contributed by atoms with Gasteiger partial charge in [0.25, 0.3) is 0 Å². The van der Waals surface area contributed by atoms with Gasteiger partial charge in [-0.1, -0.05) is 17.7 Å². The normalized spacial score (nSPS) is 16.5. The first kappa shape index (κ1) is 26.4. The van der Waals surface area contributed by atoms with Crippen molar-refractivity contribution in [3.63, 3.8) is 0 Å². The molecule has 7 nitrogen and oxygen atoms in total. The number of hydrogen-bond donors (Lipinski definition) is 2. The van der Waals surface area contributed by atoms with E-state index in [1.165, 1.54) is 11.3 Å². The first-order valence-electron chi connectivity index (χ1n) is 11.5. The van der Waals surface area contributed by atoms with Gasteiger partial charge in [-0.15, -0.1) is 11.3 Å². The zero-order valence-electron chi connectivity index (χ0n) is 20.7. The van der Waals surface area contributed by atoms with Crippen LogP contribution in [0, 0.1) is 6.92 Å². The molecular formula is C25H34N2O5S2. The highest BCUT2D eigenvalue weighted by atomic mass is 32.2. The van der Waals surface area contributed by atoms with E-state index in [9.17, 15) is 18.0 Å². The standard InChI is InChI=1S/C25H34N2O5S2/c1-7-32-23(29)20-18-15-24(3,4)27-25(5,6)21(18)33-22(20)26-19(28)9-8-14-34(30,31)17-12-10-16(2)11-13-17/h10-13,27H,7-9,14-15H2,1-6H3,(H,26,28). The quantitative estimate of drug-likeness (QED) is 0.508. The fourth-order valence-electron chi connectivity index (χ4n) is 4.51. The van der Waals surface area contributed by atoms with Gasteiger partial charge in [-0.2, -0.15) is 0 Å². The number of amides is 1. The molecule has 2 aromatic rings. The van der Waals surface area contributed by atoms with Crippen LogP contribution in [0.15, 0.2) is 29.2 Å². The molecule has 0 bridgehead atoms. The van der Waals surface area contributed by atoms with E-state index in [0.717, 1.165) is 16.0 Å². The summed E-state index contributed by atoms with van der Waals surface area (Å²) >= 11 is 1.38. The maximum Gasteiger partial charge on any atom is 0.341 e. The molecule has 0 saturated heterocycles. The summed E-state index contributed by atoms with van der Waals surface area (Å²) in [5, 5.41) is 6.92. The number of sulfone groups is 1. The summed E-state index contributed by atoms with van der Waals surface area (Å²) in [5.41, 5.74) is 1.68. The summed E-state index contributed by atoms with van der Waals surface area (Å²) in [7, 11) is -3.46. The van der Waals surface area contributed by atoms with Crippen LogP contribution < -0.4 is 10.6 Å². The highest BCUT2D eigenvalue weighted by Crippen LogP contribution is 2.45. The van der Waals surface area contributed by atoms with Crippen LogP contribution in [0.4, 0.5) is 5.00 Å². The Balaban J connectivity index is 1.77. The van der Waals surface area contributed by atoms with Gasteiger partial charge in [-0.05, 0) is 72.1 Å². The van der Waals surface area contributed by atoms with Gasteiger partial charge < -0.3 is 15.4 Å². The van der Waals surface area contributed by atoms with Crippen LogP contribution in [-0.2, 0) is 31.3 Å². The molecule has 2 N–H and O–H groups in total. The first-order valence-corrected chi connectivity index (χ1v) is 13.9. The van der Waals surface area contributed by atoms with Crippen molar-refractivity contribution in [2.75, 3.05) is 17.7 Å². The van der Waals surface area contributed by atoms with E-state index >= 15 is 0 Å². The molecule has 1 aliphatic heterocycles. The maximum absolute atomic E-state index is 12.9. The first-order chi connectivity index (χ1) is 15.8. The predicted molar refractivity (Wildman–Crippen MR) is 135 cm³/mol. The van der Waals surface area contributed by atoms with Crippen molar-refractivity contribution < 1.29 is 22.7 Å². The van der Waals surface area contributed by atoms with Gasteiger partial charge in [0, 0.05) is 22.4 Å². The van der Waals surface area contributed by atoms with Gasteiger partial charge in [0.15, 0.2) is 9.84 Å². The minimum absolute atomic E-state index is 0.0308. The Hall–Kier alpha value is -2.23. The Morgan fingerprint density at radius 1 is 1.15 bits per heavy atom. The number of fused-ring (bicyclic) bond motifs is 1. The molecule has 0 spiro atoms. The third-order valence-corrected chi connectivity index (χ3v) is 9.06. The number of thiophene rings is 1. The van der Waals surface area contributed by atoms with Gasteiger partial charge in [0.05, 0.1) is 22.8 Å². The summed E-state index contributed by atoms with van der Waals surface area (Å²) in [4.78, 5) is 26.9. The topological polar surface area (TPSA) is 102 Å². The number of hydrogen-bond acceptors (Lipinski definition) is 7. The SMILES string of the molecule is CCOC(=O)c1c(NC(=O)CCCS(=O)(=O)c2ccc(C)cc2)sc2c1CC(C)(C)NC2(C)C. The average Bonchev–Trinajstić information content (AvgIpc) is 3.05. The smallest absolute Gasteiger partial charge is 0.341 e. The third kappa shape index (κ3) is 5.87. The lowest BCUT2D eigenvalue weighted by Crippen LogP contribution is -2.55. The fourth-order valence-corrected chi connectivity index (χ4v) is 7.10. The molecule has 0 fully saturated rings. The summed E-state index contributed by atoms with van der Waals surface area (Å²) in [5.74, 6) is -0.903. The van der Waals surface area contributed by atoms with E-state index < -0.39 is 15.8 Å². The van der Waals surface area contributed by atoms with Crippen LogP contribution in [0.5, 0.6) is 0 Å². The van der Waals surface area contributed by atoms with Crippen LogP contribution >= 0.6 is 11.3 Å². The lowest BCUT2D eigenvalue weighted by Gasteiger charge is -2.42. The van der Waals surface area contributed by atoms with Crippen molar-refractivity contribution in [1.29, 1.82) is 0 Å². The van der Waals surface area contributed by atoms with Crippen LogP contribution in [0.3, 0.4) is 0 Å². The highest BCUT2D eigenvalue weighted by Gasteiger charge is 2.42. The number of esters is 1. The predicted octanol–water partition coefficient (Wildman–Crippen LogP) is 4.59. The van der Waals surface area contributed by atoms with Crippen molar-refractivity contribution in [1.82, 2.24) is 5.32 Å². The Labute approximate surface area is 206 Å². The zero-order chi connectivity index (χ0) is 25.3. The van der Waals surface area contributed by atoms with Gasteiger partial charge in [-0.25, -0.2) is 13.2 Å². The third-order valence-electron chi connectivity index (χ3n) is 5.77. The number of aryl methyl sites for hydroxylation is 1. The number of rotatable bonds is 8. The van der Waals surface area contributed by atoms with Crippen molar-refractivity contribution >= 4 is 38.1 Å². The van der Waals surface area contributed by atoms with Gasteiger partial charge in [-0.3, -0.25) is 4.79 Å². The molecule has 3 rings (SSSR count). The van der Waals surface area contributed by atoms with Crippen LogP contribution in [0.2, 0.25) is 0 Å². The molecule has 0 saturated carbocycles. The largest absolute Gasteiger partial charge is 0.462 e. The molecule has 1 aromatic carbocycles. The molecule has 9 heteroatoms. The Morgan fingerprint density at radius 2 is 1.79 bits per heavy atom. The lowest BCUT2D eigenvalue weighted by atomic mass is 9.81. The van der Waals surface area contributed by atoms with Gasteiger partial charge in [0.2, 0.25) is 5.91 Å². The molecular weight excluding hydrogens is 472 g/mol. The summed E-state index contributed by atoms with van der Waals surface area (Å²) in [6, 6.07) is 6.69. The fraction of sp³-hybridized carbons (Fsp3) is 0.520. The van der Waals surface area contributed by atoms with Gasteiger partial charge >= 0.3 is 5.97 Å². The molecule has 0 radical (unpaired) electrons. The van der Waals surface area contributed by atoms with E-state index in [-0.39, 0.29) is 47.1 Å². The van der Waals surface area contributed by atoms with E-state index in [0.29, 0.717) is 17.0 Å². The number of carbonyl (C=O) groups excluding carboxylic acids is 2. The number of benzene rings is 1. The van der Waals surface area contributed by atoms with E-state index in [2.05, 4.69) is 38.3 Å². The molecule has 1 amide bonds. The highest BCUT2D eigenvalue weighted by molar-refractivity contribution is 7.91. The van der Waals surface area contributed by atoms with Crippen LogP contribution in [-0.4, -0.2) is 38.2 Å². The molecule has 0 unspecified atom stereocenters. The minimum atomic E-state index is -3.46. The Bertz CT molecular complexity index is 1180. The van der Waals surface area contributed by atoms with E-state index in [1.54, 1.807) is 31.2 Å². The molecule has 0 aliphatic carbocycles. The second-order valence-corrected chi connectivity index (χ2v) is 13.1. The number of ether oxygens (including phenoxy) is 1. The van der Waals surface area contributed by atoms with Gasteiger partial charge in [0.1, 0.15) is 5.00 Å². The number of anilines is 1. The van der Waals surface area contributed by atoms with Crippen molar-refractivity contribution in [2.45, 2.75) is 76.8 Å². The number of carbonyl (C=O) groups is 2. The molecule has 2 heterocycles. The van der Waals surface area contributed by atoms with Crippen molar-refractivity contribution in [3.05, 3.63) is 45.8 Å². The minimum Gasteiger partial charge on any atom is -0.462 e. The van der Waals surface area contributed by atoms with Crippen LogP contribution in [0.1, 0.15) is 73.8 Å². The van der Waals surface area contributed by atoms with E-state index in [4.69, 9.17) is 4.74 Å². The van der Waals surface area contributed by atoms with Crippen molar-refractivity contribution in [2.24, 2.45) is 0 Å². The summed E-state index contributed by atoms with van der Waals surface area (Å²) in [6.07, 6.45) is 0.839. The molecule has 34 heavy (non-hydrogen) atoms. The second kappa shape index (κ2) is 9.79. The molecule has 1 aromatic heterocycles. The molecule has 1 aliphatic rings. The van der Waals surface area contributed by atoms with Crippen molar-refractivity contribution in [3.8, 4) is 0 Å². The van der Waals surface area contributed by atoms with Crippen LogP contribution in [0.25, 0.3) is 0 Å². The number of nitrogens with one attached hydrogen (secondary N) is 2. The molecule has 186 valence electrons. The monoisotopic (exact) mass is 506 g/mol. The average molecular weight is 507 g/mol. The summed E-state index contributed by atoms with van der Waals surface area (Å²) in [6.45, 7) is 12.1. The molecule has 0 atom stereocenters. The lowest BCUT2D eigenvalue weighted by molar-refractivity contribution is -0.116. The Morgan fingerprint density at radius 3 is 2.41 bits per heavy atom. The second-order valence-electron chi connectivity index (χ2n) is 9.93. The Kier molecular flexibility index (Phi) is 7.60. The van der Waals surface area contributed by atoms with E-state index in [1.807, 2.05) is 6.92 Å². The zero-order valence-corrected chi connectivity index (χ0v) is 22.3.